The molecule has 2 rings (SSSR count). The minimum atomic E-state index is -1.02. The molecule has 0 aliphatic carbocycles. The molecule has 0 amide bonds. The summed E-state index contributed by atoms with van der Waals surface area (Å²) in [7, 11) is 1.60. The second kappa shape index (κ2) is 7.26. The number of rotatable bonds is 6. The molecular weight excluding hydrogens is 282 g/mol. The van der Waals surface area contributed by atoms with Gasteiger partial charge in [-0.2, -0.15) is 0 Å². The van der Waals surface area contributed by atoms with Crippen LogP contribution in [0.2, 0.25) is 0 Å². The lowest BCUT2D eigenvalue weighted by molar-refractivity contribution is 0.0692. The number of carbonyl (C=O) groups is 1. The van der Waals surface area contributed by atoms with Crippen molar-refractivity contribution < 1.29 is 19.4 Å². The van der Waals surface area contributed by atoms with Gasteiger partial charge in [-0.1, -0.05) is 0 Å². The van der Waals surface area contributed by atoms with E-state index in [0.717, 1.165) is 11.4 Å². The van der Waals surface area contributed by atoms with Crippen molar-refractivity contribution in [1.29, 1.82) is 0 Å². The molecule has 0 aliphatic rings. The van der Waals surface area contributed by atoms with E-state index in [1.807, 2.05) is 31.2 Å². The number of ether oxygens (including phenoxy) is 2. The summed E-state index contributed by atoms with van der Waals surface area (Å²) in [5, 5.41) is 9.22. The average Bonchev–Trinajstić information content (AvgIpc) is 2.54. The fourth-order valence-electron chi connectivity index (χ4n) is 1.89. The Hall–Kier alpha value is -2.82. The number of carboxylic acids is 1. The molecule has 1 N–H and O–H groups in total. The first kappa shape index (κ1) is 15.6. The summed E-state index contributed by atoms with van der Waals surface area (Å²) in [4.78, 5) is 15.6. The van der Waals surface area contributed by atoms with E-state index in [0.29, 0.717) is 17.9 Å². The summed E-state index contributed by atoms with van der Waals surface area (Å²) >= 11 is 0. The normalized spacial score (nSPS) is 10.6. The van der Waals surface area contributed by atoms with Crippen LogP contribution in [0.1, 0.15) is 22.8 Å². The Morgan fingerprint density at radius 1 is 1.23 bits per heavy atom. The number of aliphatic imine (C=N–C) groups is 1. The van der Waals surface area contributed by atoms with Crippen molar-refractivity contribution in [1.82, 2.24) is 0 Å². The molecule has 114 valence electrons. The van der Waals surface area contributed by atoms with Gasteiger partial charge in [0, 0.05) is 6.21 Å². The Kier molecular flexibility index (Phi) is 5.14. The third-order valence-electron chi connectivity index (χ3n) is 2.97. The molecule has 0 heterocycles. The molecule has 2 aromatic carbocycles. The maximum atomic E-state index is 11.3. The molecule has 0 saturated heterocycles. The van der Waals surface area contributed by atoms with Crippen molar-refractivity contribution in [3.8, 4) is 11.5 Å². The topological polar surface area (TPSA) is 68.1 Å². The highest BCUT2D eigenvalue weighted by Gasteiger charge is 2.11. The Bertz CT molecular complexity index is 678. The summed E-state index contributed by atoms with van der Waals surface area (Å²) in [6.45, 7) is 2.23. The van der Waals surface area contributed by atoms with Crippen molar-refractivity contribution in [2.75, 3.05) is 13.7 Å². The SMILES string of the molecule is CCOc1ccc(C=Nc2ccc(OC)cc2)cc1C(=O)O. The summed E-state index contributed by atoms with van der Waals surface area (Å²) < 4.78 is 10.4. The molecule has 0 fully saturated rings. The third kappa shape index (κ3) is 3.85. The van der Waals surface area contributed by atoms with E-state index in [9.17, 15) is 9.90 Å². The molecule has 0 saturated carbocycles. The van der Waals surface area contributed by atoms with Crippen LogP contribution in [-0.4, -0.2) is 31.0 Å². The highest BCUT2D eigenvalue weighted by atomic mass is 16.5. The van der Waals surface area contributed by atoms with E-state index in [2.05, 4.69) is 4.99 Å². The first-order valence-corrected chi connectivity index (χ1v) is 6.82. The van der Waals surface area contributed by atoms with Crippen LogP contribution in [0.5, 0.6) is 11.5 Å². The second-order valence-electron chi connectivity index (χ2n) is 4.45. The molecule has 2 aromatic rings. The molecule has 0 unspecified atom stereocenters. The van der Waals surface area contributed by atoms with E-state index in [-0.39, 0.29) is 5.56 Å². The first-order valence-electron chi connectivity index (χ1n) is 6.82. The zero-order chi connectivity index (χ0) is 15.9. The smallest absolute Gasteiger partial charge is 0.339 e. The van der Waals surface area contributed by atoms with E-state index in [1.165, 1.54) is 0 Å². The van der Waals surface area contributed by atoms with Crippen molar-refractivity contribution in [2.24, 2.45) is 4.99 Å². The molecule has 0 spiro atoms. The van der Waals surface area contributed by atoms with Gasteiger partial charge < -0.3 is 14.6 Å². The van der Waals surface area contributed by atoms with Crippen molar-refractivity contribution in [2.45, 2.75) is 6.92 Å². The van der Waals surface area contributed by atoms with Gasteiger partial charge in [0.2, 0.25) is 0 Å². The van der Waals surface area contributed by atoms with Gasteiger partial charge >= 0.3 is 5.97 Å². The number of hydrogen-bond acceptors (Lipinski definition) is 4. The molecule has 0 atom stereocenters. The number of hydrogen-bond donors (Lipinski definition) is 1. The predicted molar refractivity (Wildman–Crippen MR) is 84.8 cm³/mol. The molecule has 5 heteroatoms. The fraction of sp³-hybridized carbons (Fsp3) is 0.176. The van der Waals surface area contributed by atoms with Crippen LogP contribution in [0.3, 0.4) is 0 Å². The lowest BCUT2D eigenvalue weighted by Crippen LogP contribution is -2.03. The van der Waals surface area contributed by atoms with Gasteiger partial charge in [-0.15, -0.1) is 0 Å². The van der Waals surface area contributed by atoms with Crippen LogP contribution in [0.25, 0.3) is 0 Å². The Labute approximate surface area is 128 Å². The zero-order valence-corrected chi connectivity index (χ0v) is 12.4. The van der Waals surface area contributed by atoms with Crippen LogP contribution in [0, 0.1) is 0 Å². The lowest BCUT2D eigenvalue weighted by Gasteiger charge is -2.07. The van der Waals surface area contributed by atoms with E-state index in [4.69, 9.17) is 9.47 Å². The largest absolute Gasteiger partial charge is 0.497 e. The maximum absolute atomic E-state index is 11.3. The van der Waals surface area contributed by atoms with E-state index in [1.54, 1.807) is 31.5 Å². The highest BCUT2D eigenvalue weighted by Crippen LogP contribution is 2.21. The Balaban J connectivity index is 2.23. The number of methoxy groups -OCH3 is 1. The minimum Gasteiger partial charge on any atom is -0.497 e. The third-order valence-corrected chi connectivity index (χ3v) is 2.97. The van der Waals surface area contributed by atoms with Crippen LogP contribution in [-0.2, 0) is 0 Å². The highest BCUT2D eigenvalue weighted by molar-refractivity contribution is 5.94. The lowest BCUT2D eigenvalue weighted by atomic mass is 10.1. The van der Waals surface area contributed by atoms with Gasteiger partial charge in [-0.3, -0.25) is 4.99 Å². The van der Waals surface area contributed by atoms with Crippen LogP contribution in [0.15, 0.2) is 47.5 Å². The summed E-state index contributed by atoms with van der Waals surface area (Å²) in [6, 6.07) is 12.2. The summed E-state index contributed by atoms with van der Waals surface area (Å²) in [6.07, 6.45) is 1.62. The number of aromatic carboxylic acids is 1. The standard InChI is InChI=1S/C17H17NO4/c1-3-22-16-9-4-12(10-15(16)17(19)20)11-18-13-5-7-14(21-2)8-6-13/h4-11H,3H2,1-2H3,(H,19,20). The fourth-order valence-corrected chi connectivity index (χ4v) is 1.89. The van der Waals surface area contributed by atoms with Gasteiger partial charge in [0.05, 0.1) is 19.4 Å². The van der Waals surface area contributed by atoms with Gasteiger partial charge in [0.1, 0.15) is 17.1 Å². The average molecular weight is 299 g/mol. The van der Waals surface area contributed by atoms with Crippen LogP contribution < -0.4 is 9.47 Å². The van der Waals surface area contributed by atoms with Crippen molar-refractivity contribution in [3.05, 3.63) is 53.6 Å². The number of nitrogens with zero attached hydrogens (tertiary/aromatic N) is 1. The summed E-state index contributed by atoms with van der Waals surface area (Å²) in [5.74, 6) is 0.0907. The number of carboxylic acid groups (broad SMARTS) is 1. The maximum Gasteiger partial charge on any atom is 0.339 e. The number of benzene rings is 2. The molecule has 0 radical (unpaired) electrons. The van der Waals surface area contributed by atoms with Crippen molar-refractivity contribution in [3.63, 3.8) is 0 Å². The van der Waals surface area contributed by atoms with Gasteiger partial charge in [-0.25, -0.2) is 4.79 Å². The predicted octanol–water partition coefficient (Wildman–Crippen LogP) is 3.54. The monoisotopic (exact) mass is 299 g/mol. The first-order chi connectivity index (χ1) is 10.6. The molecule has 0 bridgehead atoms. The Morgan fingerprint density at radius 2 is 1.95 bits per heavy atom. The zero-order valence-electron chi connectivity index (χ0n) is 12.4. The van der Waals surface area contributed by atoms with Gasteiger partial charge in [0.25, 0.3) is 0 Å². The Morgan fingerprint density at radius 3 is 2.55 bits per heavy atom. The van der Waals surface area contributed by atoms with Crippen LogP contribution >= 0.6 is 0 Å². The van der Waals surface area contributed by atoms with Gasteiger partial charge in [-0.05, 0) is 55.0 Å². The quantitative estimate of drug-likeness (QED) is 0.828. The second-order valence-corrected chi connectivity index (χ2v) is 4.45. The molecule has 0 aromatic heterocycles. The molecule has 5 nitrogen and oxygen atoms in total. The molecular formula is C17H17NO4. The van der Waals surface area contributed by atoms with Gasteiger partial charge in [0.15, 0.2) is 0 Å². The van der Waals surface area contributed by atoms with E-state index < -0.39 is 5.97 Å². The summed E-state index contributed by atoms with van der Waals surface area (Å²) in [5.41, 5.74) is 1.57. The minimum absolute atomic E-state index is 0.125. The van der Waals surface area contributed by atoms with E-state index >= 15 is 0 Å². The molecule has 0 aliphatic heterocycles. The molecule has 22 heavy (non-hydrogen) atoms. The van der Waals surface area contributed by atoms with Crippen molar-refractivity contribution >= 4 is 17.9 Å². The van der Waals surface area contributed by atoms with Crippen LogP contribution in [0.4, 0.5) is 5.69 Å².